The van der Waals surface area contributed by atoms with Crippen molar-refractivity contribution in [3.05, 3.63) is 12.7 Å². The van der Waals surface area contributed by atoms with Gasteiger partial charge in [0.1, 0.15) is 0 Å². The Kier molecular flexibility index (Phi) is 19.4. The Labute approximate surface area is 102 Å². The molecule has 6 nitrogen and oxygen atoms in total. The fraction of sp³-hybridized carbons (Fsp3) is 0.444. The number of halogens is 1. The number of guanidine groups is 2. The van der Waals surface area contributed by atoms with E-state index in [1.807, 2.05) is 0 Å². The van der Waals surface area contributed by atoms with Crippen LogP contribution >= 0.6 is 12.4 Å². The van der Waals surface area contributed by atoms with Crippen LogP contribution in [-0.2, 0) is 0 Å². The highest BCUT2D eigenvalue weighted by molar-refractivity contribution is 5.95. The van der Waals surface area contributed by atoms with Crippen molar-refractivity contribution in [2.24, 2.45) is 16.5 Å². The van der Waals surface area contributed by atoms with E-state index in [0.29, 0.717) is 6.54 Å². The van der Waals surface area contributed by atoms with Gasteiger partial charge in [-0.25, -0.2) is 0 Å². The van der Waals surface area contributed by atoms with Crippen molar-refractivity contribution in [1.29, 1.82) is 10.7 Å². The number of nitrogens with zero attached hydrogens (tertiary/aromatic N) is 2. The van der Waals surface area contributed by atoms with Gasteiger partial charge in [-0.2, -0.15) is 5.26 Å². The maximum Gasteiger partial charge on any atom is 0.195 e. The second kappa shape index (κ2) is 15.7. The Morgan fingerprint density at radius 2 is 2.12 bits per heavy atom. The number of aliphatic imine (C=N–C) groups is 1. The summed E-state index contributed by atoms with van der Waals surface area (Å²) >= 11 is 0. The zero-order valence-electron chi connectivity index (χ0n) is 9.36. The van der Waals surface area contributed by atoms with Crippen LogP contribution in [0, 0.1) is 16.7 Å². The van der Waals surface area contributed by atoms with E-state index in [0.717, 1.165) is 12.8 Å². The van der Waals surface area contributed by atoms with E-state index >= 15 is 0 Å². The second-order valence-corrected chi connectivity index (χ2v) is 2.49. The van der Waals surface area contributed by atoms with Gasteiger partial charge in [0.15, 0.2) is 11.9 Å². The molecule has 6 N–H and O–H groups in total. The van der Waals surface area contributed by atoms with Crippen molar-refractivity contribution < 1.29 is 0 Å². The predicted molar refractivity (Wildman–Crippen MR) is 69.5 cm³/mol. The average molecular weight is 247 g/mol. The van der Waals surface area contributed by atoms with Crippen molar-refractivity contribution >= 4 is 24.3 Å². The Balaban J connectivity index is -0.000000292. The van der Waals surface area contributed by atoms with E-state index in [2.05, 4.69) is 23.8 Å². The molecule has 0 rings (SSSR count). The van der Waals surface area contributed by atoms with E-state index in [1.54, 1.807) is 6.07 Å². The van der Waals surface area contributed by atoms with Crippen LogP contribution in [0.5, 0.6) is 0 Å². The second-order valence-electron chi connectivity index (χ2n) is 2.49. The predicted octanol–water partition coefficient (Wildman–Crippen LogP) is 0.702. The molecule has 0 spiro atoms. The third kappa shape index (κ3) is 22.8. The molecule has 0 aromatic carbocycles. The molecule has 0 saturated heterocycles. The fourth-order valence-electron chi connectivity index (χ4n) is 0.535. The van der Waals surface area contributed by atoms with Gasteiger partial charge in [-0.3, -0.25) is 15.7 Å². The highest BCUT2D eigenvalue weighted by Gasteiger charge is 1.90. The lowest BCUT2D eigenvalue weighted by atomic mass is 10.3. The molecule has 0 aromatic heterocycles. The van der Waals surface area contributed by atoms with E-state index in [-0.39, 0.29) is 24.3 Å². The molecule has 0 saturated carbocycles. The minimum atomic E-state index is -0.178. The summed E-state index contributed by atoms with van der Waals surface area (Å²) in [5, 5.41) is 16.7. The Morgan fingerprint density at radius 3 is 2.44 bits per heavy atom. The van der Waals surface area contributed by atoms with Crippen LogP contribution in [0.25, 0.3) is 0 Å². The van der Waals surface area contributed by atoms with Gasteiger partial charge in [0.2, 0.25) is 0 Å². The number of hydrogen-bond acceptors (Lipinski definition) is 3. The van der Waals surface area contributed by atoms with Gasteiger partial charge in [0.25, 0.3) is 0 Å². The summed E-state index contributed by atoms with van der Waals surface area (Å²) in [5.41, 5.74) is 10.3. The van der Waals surface area contributed by atoms with Crippen molar-refractivity contribution in [3.63, 3.8) is 0 Å². The minimum absolute atomic E-state index is 0. The highest BCUT2D eigenvalue weighted by Crippen LogP contribution is 1.85. The van der Waals surface area contributed by atoms with Crippen LogP contribution in [0.4, 0.5) is 0 Å². The van der Waals surface area contributed by atoms with Crippen molar-refractivity contribution in [1.82, 2.24) is 5.32 Å². The van der Waals surface area contributed by atoms with Crippen LogP contribution in [0.1, 0.15) is 19.8 Å². The van der Waals surface area contributed by atoms with Crippen molar-refractivity contribution in [2.75, 3.05) is 6.54 Å². The summed E-state index contributed by atoms with van der Waals surface area (Å²) in [7, 11) is 0. The van der Waals surface area contributed by atoms with E-state index in [1.165, 1.54) is 6.08 Å². The summed E-state index contributed by atoms with van der Waals surface area (Å²) < 4.78 is 0. The van der Waals surface area contributed by atoms with Crippen LogP contribution in [0.2, 0.25) is 0 Å². The third-order valence-electron chi connectivity index (χ3n) is 1.15. The fourth-order valence-corrected chi connectivity index (χ4v) is 0.535. The van der Waals surface area contributed by atoms with Gasteiger partial charge in [-0.15, -0.1) is 12.4 Å². The van der Waals surface area contributed by atoms with Gasteiger partial charge in [0, 0.05) is 12.6 Å². The molecule has 0 aliphatic rings. The topological polar surface area (TPSA) is 124 Å². The number of nitriles is 1. The molecule has 0 bridgehead atoms. The number of nitrogens with two attached hydrogens (primary N) is 2. The molecule has 0 heterocycles. The molecule has 0 radical (unpaired) electrons. The monoisotopic (exact) mass is 246 g/mol. The Bertz CT molecular complexity index is 255. The zero-order chi connectivity index (χ0) is 12.1. The lowest BCUT2D eigenvalue weighted by Crippen LogP contribution is -2.40. The first kappa shape index (κ1) is 19.8. The molecule has 0 amide bonds. The summed E-state index contributed by atoms with van der Waals surface area (Å²) in [5.74, 6) is 0.0358. The molecule has 0 aliphatic carbocycles. The standard InChI is InChI=1S/C6H15N5.C3H3N.ClH/c1-2-3-4-10-6(9)11-5(7)8;1-2-3-4;/h2-4H2,1H3,(H6,7,8,9,10,11);2H,1H2;1H. The number of nitrogens with one attached hydrogen (secondary N) is 2. The summed E-state index contributed by atoms with van der Waals surface area (Å²) in [4.78, 5) is 3.92. The number of unbranched alkanes of at least 4 members (excludes halogenated alkanes) is 1. The molecule has 0 atom stereocenters. The first-order valence-corrected chi connectivity index (χ1v) is 4.49. The minimum Gasteiger partial charge on any atom is -0.370 e. The lowest BCUT2D eigenvalue weighted by molar-refractivity contribution is 0.804. The highest BCUT2D eigenvalue weighted by atomic mass is 35.5. The average Bonchev–Trinajstić information content (AvgIpc) is 2.17. The molecule has 16 heavy (non-hydrogen) atoms. The number of allylic oxidation sites excluding steroid dienone is 1. The van der Waals surface area contributed by atoms with Crippen molar-refractivity contribution in [2.45, 2.75) is 19.8 Å². The Morgan fingerprint density at radius 1 is 1.62 bits per heavy atom. The van der Waals surface area contributed by atoms with Crippen LogP contribution < -0.4 is 16.8 Å². The van der Waals surface area contributed by atoms with Crippen LogP contribution in [-0.4, -0.2) is 18.5 Å². The SMILES string of the molecule is C=CC#N.CCCCN=C(N)NC(=N)N.Cl. The molecule has 7 heteroatoms. The van der Waals surface area contributed by atoms with Crippen molar-refractivity contribution in [3.8, 4) is 6.07 Å². The van der Waals surface area contributed by atoms with Gasteiger partial charge < -0.3 is 11.5 Å². The molecular weight excluding hydrogens is 228 g/mol. The molecule has 0 aromatic rings. The molecule has 0 unspecified atom stereocenters. The maximum atomic E-state index is 7.51. The number of rotatable bonds is 3. The Hall–Kier alpha value is -1.74. The van der Waals surface area contributed by atoms with Gasteiger partial charge in [0.05, 0.1) is 6.07 Å². The van der Waals surface area contributed by atoms with Gasteiger partial charge in [-0.1, -0.05) is 19.9 Å². The molecule has 92 valence electrons. The molecule has 0 aliphatic heterocycles. The number of hydrogen-bond donors (Lipinski definition) is 4. The zero-order valence-corrected chi connectivity index (χ0v) is 10.2. The summed E-state index contributed by atoms with van der Waals surface area (Å²) in [6.45, 7) is 5.87. The van der Waals surface area contributed by atoms with Gasteiger partial charge >= 0.3 is 0 Å². The quantitative estimate of drug-likeness (QED) is 0.253. The summed E-state index contributed by atoms with van der Waals surface area (Å²) in [6, 6.07) is 1.69. The first-order valence-electron chi connectivity index (χ1n) is 4.49. The molecular formula is C9H19ClN6. The van der Waals surface area contributed by atoms with E-state index < -0.39 is 0 Å². The molecule has 0 fully saturated rings. The van der Waals surface area contributed by atoms with Crippen LogP contribution in [0.3, 0.4) is 0 Å². The van der Waals surface area contributed by atoms with E-state index in [4.69, 9.17) is 22.1 Å². The smallest absolute Gasteiger partial charge is 0.195 e. The maximum absolute atomic E-state index is 7.51. The summed E-state index contributed by atoms with van der Waals surface area (Å²) in [6.07, 6.45) is 3.26. The van der Waals surface area contributed by atoms with E-state index in [9.17, 15) is 0 Å². The third-order valence-corrected chi connectivity index (χ3v) is 1.15. The van der Waals surface area contributed by atoms with Crippen LogP contribution in [0.15, 0.2) is 17.6 Å². The lowest BCUT2D eigenvalue weighted by Gasteiger charge is -2.00. The largest absolute Gasteiger partial charge is 0.370 e. The first-order chi connectivity index (χ1) is 7.08. The normalized spacial score (nSPS) is 8.62. The van der Waals surface area contributed by atoms with Gasteiger partial charge in [-0.05, 0) is 6.42 Å².